The molecule has 0 radical (unpaired) electrons. The number of rotatable bonds is 3. The number of hydrogen-bond donors (Lipinski definition) is 0. The third-order valence-electron chi connectivity index (χ3n) is 6.81. The van der Waals surface area contributed by atoms with Crippen LogP contribution < -0.4 is 4.74 Å². The Morgan fingerprint density at radius 1 is 1.12 bits per heavy atom. The zero-order valence-corrected chi connectivity index (χ0v) is 16.7. The average Bonchev–Trinajstić information content (AvgIpc) is 2.52. The molecule has 2 aliphatic carbocycles. The summed E-state index contributed by atoms with van der Waals surface area (Å²) < 4.78 is 5.40. The molecule has 2 atom stereocenters. The van der Waals surface area contributed by atoms with Gasteiger partial charge in [-0.2, -0.15) is 0 Å². The number of ketones is 1. The molecule has 0 N–H and O–H groups in total. The van der Waals surface area contributed by atoms with Crippen molar-refractivity contribution in [3.8, 4) is 5.75 Å². The number of ether oxygens (including phenoxy) is 1. The van der Waals surface area contributed by atoms with Gasteiger partial charge in [-0.3, -0.25) is 4.79 Å². The predicted molar refractivity (Wildman–Crippen MR) is 103 cm³/mol. The number of allylic oxidation sites excluding steroid dienone is 2. The van der Waals surface area contributed by atoms with Crippen LogP contribution in [0.3, 0.4) is 0 Å². The van der Waals surface area contributed by atoms with Crippen LogP contribution in [0.2, 0.25) is 0 Å². The minimum Gasteiger partial charge on any atom is -0.497 e. The van der Waals surface area contributed by atoms with E-state index in [0.717, 1.165) is 35.3 Å². The summed E-state index contributed by atoms with van der Waals surface area (Å²) in [6.07, 6.45) is 5.87. The Bertz CT molecular complexity index is 726. The van der Waals surface area contributed by atoms with Crippen molar-refractivity contribution in [2.24, 2.45) is 16.7 Å². The van der Waals surface area contributed by atoms with Crippen LogP contribution in [0.4, 0.5) is 0 Å². The molecule has 1 saturated carbocycles. The lowest BCUT2D eigenvalue weighted by atomic mass is 9.49. The summed E-state index contributed by atoms with van der Waals surface area (Å²) in [5, 5.41) is 0. The molecule has 0 spiro atoms. The number of fused-ring (bicyclic) bond motifs is 1. The van der Waals surface area contributed by atoms with Crippen molar-refractivity contribution in [2.75, 3.05) is 7.11 Å². The molecule has 0 aliphatic heterocycles. The van der Waals surface area contributed by atoms with E-state index in [1.165, 1.54) is 24.8 Å². The molecule has 1 aromatic rings. The number of aryl methyl sites for hydroxylation is 1. The van der Waals surface area contributed by atoms with Gasteiger partial charge in [0.1, 0.15) is 5.75 Å². The van der Waals surface area contributed by atoms with Crippen molar-refractivity contribution in [2.45, 2.75) is 66.7 Å². The normalized spacial score (nSPS) is 28.5. The Morgan fingerprint density at radius 2 is 1.84 bits per heavy atom. The molecule has 25 heavy (non-hydrogen) atoms. The quantitative estimate of drug-likeness (QED) is 0.619. The van der Waals surface area contributed by atoms with Crippen LogP contribution >= 0.6 is 0 Å². The smallest absolute Gasteiger partial charge is 0.189 e. The maximum atomic E-state index is 13.6. The third-order valence-corrected chi connectivity index (χ3v) is 6.81. The van der Waals surface area contributed by atoms with E-state index in [0.29, 0.717) is 11.3 Å². The first-order valence-electron chi connectivity index (χ1n) is 9.59. The lowest BCUT2D eigenvalue weighted by Gasteiger charge is -2.54. The van der Waals surface area contributed by atoms with Crippen LogP contribution in [0.15, 0.2) is 29.3 Å². The Morgan fingerprint density at radius 3 is 2.52 bits per heavy atom. The minimum absolute atomic E-state index is 0.00184. The number of methoxy groups -OCH3 is 1. The van der Waals surface area contributed by atoms with Crippen LogP contribution in [0.25, 0.3) is 0 Å². The summed E-state index contributed by atoms with van der Waals surface area (Å²) in [5.74, 6) is 1.57. The van der Waals surface area contributed by atoms with E-state index < -0.39 is 0 Å². The highest BCUT2D eigenvalue weighted by Gasteiger charge is 2.51. The summed E-state index contributed by atoms with van der Waals surface area (Å²) in [5.41, 5.74) is 4.53. The maximum absolute atomic E-state index is 13.6. The van der Waals surface area contributed by atoms with Gasteiger partial charge in [0.15, 0.2) is 5.78 Å². The van der Waals surface area contributed by atoms with Crippen LogP contribution in [-0.4, -0.2) is 12.9 Å². The number of carbonyl (C=O) groups excluding carboxylic acids is 1. The van der Waals surface area contributed by atoms with Gasteiger partial charge in [-0.25, -0.2) is 0 Å². The molecule has 0 heterocycles. The van der Waals surface area contributed by atoms with Gasteiger partial charge in [0.25, 0.3) is 0 Å². The summed E-state index contributed by atoms with van der Waals surface area (Å²) in [4.78, 5) is 13.6. The van der Waals surface area contributed by atoms with Gasteiger partial charge in [-0.1, -0.05) is 32.8 Å². The lowest BCUT2D eigenvalue weighted by Crippen LogP contribution is -2.47. The van der Waals surface area contributed by atoms with E-state index >= 15 is 0 Å². The average molecular weight is 341 g/mol. The molecule has 1 aromatic carbocycles. The third kappa shape index (κ3) is 3.05. The van der Waals surface area contributed by atoms with Gasteiger partial charge in [0.2, 0.25) is 0 Å². The highest BCUT2D eigenvalue weighted by Crippen LogP contribution is 2.59. The molecular formula is C23H32O2. The first-order valence-corrected chi connectivity index (χ1v) is 9.59. The molecule has 3 rings (SSSR count). The van der Waals surface area contributed by atoms with Gasteiger partial charge in [-0.05, 0) is 80.0 Å². The van der Waals surface area contributed by atoms with E-state index in [2.05, 4.69) is 27.7 Å². The van der Waals surface area contributed by atoms with Crippen molar-refractivity contribution in [1.82, 2.24) is 0 Å². The molecule has 0 amide bonds. The van der Waals surface area contributed by atoms with Crippen molar-refractivity contribution >= 4 is 5.78 Å². The maximum Gasteiger partial charge on any atom is 0.189 e. The second-order valence-electron chi connectivity index (χ2n) is 9.07. The van der Waals surface area contributed by atoms with Crippen molar-refractivity contribution in [3.05, 3.63) is 40.5 Å². The molecular weight excluding hydrogens is 308 g/mol. The Balaban J connectivity index is 2.08. The number of benzene rings is 1. The Kier molecular flexibility index (Phi) is 4.59. The van der Waals surface area contributed by atoms with Gasteiger partial charge in [0.05, 0.1) is 7.11 Å². The topological polar surface area (TPSA) is 26.3 Å². The number of Topliss-reactive ketones (excluding diaryl/α,β-unsaturated/α-hetero) is 1. The molecule has 1 fully saturated rings. The van der Waals surface area contributed by atoms with Crippen molar-refractivity contribution in [3.63, 3.8) is 0 Å². The molecule has 2 nitrogen and oxygen atoms in total. The first-order chi connectivity index (χ1) is 11.7. The van der Waals surface area contributed by atoms with Gasteiger partial charge in [-0.15, -0.1) is 0 Å². The van der Waals surface area contributed by atoms with Crippen LogP contribution in [0.5, 0.6) is 5.75 Å². The summed E-state index contributed by atoms with van der Waals surface area (Å²) in [6.45, 7) is 11.3. The fourth-order valence-corrected chi connectivity index (χ4v) is 5.70. The summed E-state index contributed by atoms with van der Waals surface area (Å²) >= 11 is 0. The SMILES string of the molecule is COc1cc(C)cc(C(=O)C2=C(C)CC[C@H]3C(C)(C)CCC[C@]23C)c1. The molecule has 2 aliphatic rings. The molecule has 0 saturated heterocycles. The van der Waals surface area contributed by atoms with Gasteiger partial charge in [0, 0.05) is 11.1 Å². The van der Waals surface area contributed by atoms with Crippen LogP contribution in [-0.2, 0) is 0 Å². The minimum atomic E-state index is -0.00184. The first kappa shape index (κ1) is 18.2. The van der Waals surface area contributed by atoms with E-state index in [9.17, 15) is 4.79 Å². The summed E-state index contributed by atoms with van der Waals surface area (Å²) in [7, 11) is 1.66. The number of hydrogen-bond acceptors (Lipinski definition) is 2. The fourth-order valence-electron chi connectivity index (χ4n) is 5.70. The lowest BCUT2D eigenvalue weighted by molar-refractivity contribution is 0.0121. The molecule has 0 aromatic heterocycles. The van der Waals surface area contributed by atoms with E-state index in [4.69, 9.17) is 4.74 Å². The number of carbonyl (C=O) groups is 1. The van der Waals surface area contributed by atoms with Gasteiger partial charge >= 0.3 is 0 Å². The highest BCUT2D eigenvalue weighted by molar-refractivity contribution is 6.10. The Hall–Kier alpha value is -1.57. The van der Waals surface area contributed by atoms with Crippen LogP contribution in [0, 0.1) is 23.7 Å². The zero-order valence-electron chi connectivity index (χ0n) is 16.7. The molecule has 136 valence electrons. The van der Waals surface area contributed by atoms with E-state index in [1.54, 1.807) is 7.11 Å². The van der Waals surface area contributed by atoms with Crippen LogP contribution in [0.1, 0.15) is 75.7 Å². The van der Waals surface area contributed by atoms with Crippen molar-refractivity contribution < 1.29 is 9.53 Å². The zero-order chi connectivity index (χ0) is 18.4. The monoisotopic (exact) mass is 340 g/mol. The second kappa shape index (κ2) is 6.30. The largest absolute Gasteiger partial charge is 0.497 e. The van der Waals surface area contributed by atoms with E-state index in [1.807, 2.05) is 25.1 Å². The molecule has 0 unspecified atom stereocenters. The molecule has 2 heteroatoms. The van der Waals surface area contributed by atoms with Gasteiger partial charge < -0.3 is 4.74 Å². The molecule has 0 bridgehead atoms. The fraction of sp³-hybridized carbons (Fsp3) is 0.609. The highest BCUT2D eigenvalue weighted by atomic mass is 16.5. The Labute approximate surface area is 152 Å². The predicted octanol–water partition coefficient (Wildman–Crippen LogP) is 6.13. The standard InChI is InChI=1S/C23H32O2/c1-15-12-17(14-18(13-15)25-6)21(24)20-16(2)8-9-19-22(3,4)10-7-11-23(19,20)5/h12-14,19H,7-11H2,1-6H3/t19-,23-/m0/s1. The summed E-state index contributed by atoms with van der Waals surface area (Å²) in [6, 6.07) is 5.88. The van der Waals surface area contributed by atoms with Crippen molar-refractivity contribution in [1.29, 1.82) is 0 Å². The second-order valence-corrected chi connectivity index (χ2v) is 9.07. The van der Waals surface area contributed by atoms with E-state index in [-0.39, 0.29) is 11.2 Å².